The molecular weight excluding hydrogens is 298 g/mol. The minimum absolute atomic E-state index is 0.0882. The van der Waals surface area contributed by atoms with Gasteiger partial charge in [-0.05, 0) is 35.4 Å². The fraction of sp³-hybridized carbons (Fsp3) is 0.0625. The number of hydrogen-bond acceptors (Lipinski definition) is 5. The lowest BCUT2D eigenvalue weighted by molar-refractivity contribution is -0.118. The van der Waals surface area contributed by atoms with Crippen LogP contribution in [0.25, 0.3) is 0 Å². The van der Waals surface area contributed by atoms with Gasteiger partial charge in [-0.1, -0.05) is 42.1 Å². The van der Waals surface area contributed by atoms with Crippen molar-refractivity contribution in [3.8, 4) is 5.75 Å². The van der Waals surface area contributed by atoms with Crippen LogP contribution in [0, 0.1) is 0 Å². The van der Waals surface area contributed by atoms with E-state index in [2.05, 4.69) is 15.5 Å². The standard InChI is InChI=1S/C16H13N3O2S/c20-13-8-6-11(7-9-13)10-17-19-16-18-15(21)14(22-16)12-4-2-1-3-5-12/h1-10,14,20H,(H,18,19,21)/b17-10-/t14-/m1/s1. The van der Waals surface area contributed by atoms with Gasteiger partial charge in [0.25, 0.3) is 0 Å². The van der Waals surface area contributed by atoms with Gasteiger partial charge >= 0.3 is 0 Å². The Bertz CT molecular complexity index is 727. The number of carbonyl (C=O) groups excluding carboxylic acids is 1. The Morgan fingerprint density at radius 2 is 1.82 bits per heavy atom. The maximum atomic E-state index is 12.0. The van der Waals surface area contributed by atoms with Gasteiger partial charge < -0.3 is 10.4 Å². The van der Waals surface area contributed by atoms with Crippen LogP contribution in [-0.4, -0.2) is 22.4 Å². The fourth-order valence-electron chi connectivity index (χ4n) is 1.97. The molecule has 1 aliphatic rings. The molecule has 0 unspecified atom stereocenters. The van der Waals surface area contributed by atoms with E-state index < -0.39 is 0 Å². The molecule has 1 aliphatic heterocycles. The summed E-state index contributed by atoms with van der Waals surface area (Å²) in [6.45, 7) is 0. The van der Waals surface area contributed by atoms with Crippen molar-refractivity contribution < 1.29 is 9.90 Å². The van der Waals surface area contributed by atoms with Crippen molar-refractivity contribution in [3.05, 3.63) is 65.7 Å². The molecule has 0 radical (unpaired) electrons. The summed E-state index contributed by atoms with van der Waals surface area (Å²) < 4.78 is 0. The van der Waals surface area contributed by atoms with Crippen molar-refractivity contribution in [1.82, 2.24) is 5.32 Å². The number of phenolic OH excluding ortho intramolecular Hbond substituents is 1. The highest BCUT2D eigenvalue weighted by Crippen LogP contribution is 2.34. The summed E-state index contributed by atoms with van der Waals surface area (Å²) in [7, 11) is 0. The summed E-state index contributed by atoms with van der Waals surface area (Å²) in [5.41, 5.74) is 1.76. The maximum Gasteiger partial charge on any atom is 0.244 e. The zero-order chi connectivity index (χ0) is 15.4. The van der Waals surface area contributed by atoms with Crippen molar-refractivity contribution in [2.24, 2.45) is 10.2 Å². The largest absolute Gasteiger partial charge is 0.508 e. The van der Waals surface area contributed by atoms with Crippen molar-refractivity contribution in [2.75, 3.05) is 0 Å². The zero-order valence-corrected chi connectivity index (χ0v) is 12.3. The zero-order valence-electron chi connectivity index (χ0n) is 11.5. The van der Waals surface area contributed by atoms with Crippen molar-refractivity contribution in [3.63, 3.8) is 0 Å². The number of nitrogens with one attached hydrogen (secondary N) is 1. The van der Waals surface area contributed by atoms with Crippen molar-refractivity contribution in [1.29, 1.82) is 0 Å². The van der Waals surface area contributed by atoms with Crippen LogP contribution in [0.4, 0.5) is 0 Å². The third-order valence-corrected chi connectivity index (χ3v) is 4.18. The highest BCUT2D eigenvalue weighted by atomic mass is 32.2. The summed E-state index contributed by atoms with van der Waals surface area (Å²) in [6, 6.07) is 16.2. The van der Waals surface area contributed by atoms with E-state index in [0.29, 0.717) is 5.17 Å². The van der Waals surface area contributed by atoms with Gasteiger partial charge in [0.15, 0.2) is 5.17 Å². The van der Waals surface area contributed by atoms with Crippen LogP contribution in [0.1, 0.15) is 16.4 Å². The first-order chi connectivity index (χ1) is 10.7. The number of carbonyl (C=O) groups is 1. The van der Waals surface area contributed by atoms with Crippen molar-refractivity contribution >= 4 is 29.1 Å². The molecule has 110 valence electrons. The molecule has 0 aromatic heterocycles. The normalized spacial score (nSPS) is 19.7. The summed E-state index contributed by atoms with van der Waals surface area (Å²) in [5, 5.41) is 20.1. The number of nitrogens with zero attached hydrogens (tertiary/aromatic N) is 2. The fourth-order valence-corrected chi connectivity index (χ4v) is 2.91. The molecule has 5 nitrogen and oxygen atoms in total. The SMILES string of the molecule is O=C1NC(=N/N=C\c2ccc(O)cc2)S[C@@H]1c1ccccc1. The number of hydrogen-bond donors (Lipinski definition) is 2. The third-order valence-electron chi connectivity index (χ3n) is 3.05. The molecule has 0 spiro atoms. The lowest BCUT2D eigenvalue weighted by atomic mass is 10.1. The monoisotopic (exact) mass is 311 g/mol. The Balaban J connectivity index is 1.69. The average molecular weight is 311 g/mol. The van der Waals surface area contributed by atoms with E-state index in [1.54, 1.807) is 30.5 Å². The second kappa shape index (κ2) is 6.44. The summed E-state index contributed by atoms with van der Waals surface area (Å²) in [4.78, 5) is 12.0. The van der Waals surface area contributed by atoms with Crippen LogP contribution >= 0.6 is 11.8 Å². The van der Waals surface area contributed by atoms with Gasteiger partial charge in [-0.3, -0.25) is 4.79 Å². The molecule has 0 aliphatic carbocycles. The molecule has 1 atom stereocenters. The van der Waals surface area contributed by atoms with Crippen LogP contribution in [0.15, 0.2) is 64.8 Å². The van der Waals surface area contributed by atoms with Crippen LogP contribution in [0.3, 0.4) is 0 Å². The van der Waals surface area contributed by atoms with Crippen LogP contribution in [0.2, 0.25) is 0 Å². The Kier molecular flexibility index (Phi) is 4.20. The van der Waals surface area contributed by atoms with Crippen LogP contribution < -0.4 is 5.32 Å². The Hall–Kier alpha value is -2.60. The molecule has 6 heteroatoms. The predicted molar refractivity (Wildman–Crippen MR) is 88.1 cm³/mol. The van der Waals surface area contributed by atoms with E-state index in [1.165, 1.54) is 11.8 Å². The maximum absolute atomic E-state index is 12.0. The second-order valence-electron chi connectivity index (χ2n) is 4.64. The van der Waals surface area contributed by atoms with Gasteiger partial charge in [-0.15, -0.1) is 5.10 Å². The van der Waals surface area contributed by atoms with Crippen molar-refractivity contribution in [2.45, 2.75) is 5.25 Å². The molecule has 1 heterocycles. The first-order valence-electron chi connectivity index (χ1n) is 6.65. The van der Waals surface area contributed by atoms with Gasteiger partial charge in [-0.2, -0.15) is 5.10 Å². The number of phenols is 1. The lowest BCUT2D eigenvalue weighted by Gasteiger charge is -2.03. The molecule has 1 amide bonds. The minimum Gasteiger partial charge on any atom is -0.508 e. The molecule has 0 saturated carbocycles. The number of benzene rings is 2. The van der Waals surface area contributed by atoms with E-state index in [9.17, 15) is 9.90 Å². The molecule has 2 aromatic carbocycles. The van der Waals surface area contributed by atoms with Gasteiger partial charge in [-0.25, -0.2) is 0 Å². The smallest absolute Gasteiger partial charge is 0.244 e. The summed E-state index contributed by atoms with van der Waals surface area (Å²) in [5.74, 6) is 0.113. The predicted octanol–water partition coefficient (Wildman–Crippen LogP) is 2.69. The van der Waals surface area contributed by atoms with E-state index in [-0.39, 0.29) is 16.9 Å². The molecule has 2 N–H and O–H groups in total. The Morgan fingerprint density at radius 1 is 1.09 bits per heavy atom. The lowest BCUT2D eigenvalue weighted by Crippen LogP contribution is -2.21. The van der Waals surface area contributed by atoms with Gasteiger partial charge in [0, 0.05) is 0 Å². The van der Waals surface area contributed by atoms with Crippen LogP contribution in [-0.2, 0) is 4.79 Å². The molecule has 2 aromatic rings. The number of amidine groups is 1. The van der Waals surface area contributed by atoms with E-state index in [4.69, 9.17) is 0 Å². The van der Waals surface area contributed by atoms with E-state index >= 15 is 0 Å². The summed E-state index contributed by atoms with van der Waals surface area (Å²) >= 11 is 1.35. The van der Waals surface area contributed by atoms with E-state index in [1.807, 2.05) is 30.3 Å². The highest BCUT2D eigenvalue weighted by Gasteiger charge is 2.31. The third kappa shape index (κ3) is 3.35. The number of thioether (sulfide) groups is 1. The Labute approximate surface area is 131 Å². The first kappa shape index (κ1) is 14.3. The highest BCUT2D eigenvalue weighted by molar-refractivity contribution is 8.15. The summed E-state index contributed by atoms with van der Waals surface area (Å²) in [6.07, 6.45) is 1.56. The number of rotatable bonds is 3. The Morgan fingerprint density at radius 3 is 2.55 bits per heavy atom. The van der Waals surface area contributed by atoms with Crippen LogP contribution in [0.5, 0.6) is 5.75 Å². The average Bonchev–Trinajstić information content (AvgIpc) is 2.91. The molecule has 1 saturated heterocycles. The topological polar surface area (TPSA) is 74.0 Å². The quantitative estimate of drug-likeness (QED) is 0.676. The van der Waals surface area contributed by atoms with Gasteiger partial charge in [0.1, 0.15) is 11.0 Å². The molecule has 3 rings (SSSR count). The minimum atomic E-state index is -0.288. The molecule has 0 bridgehead atoms. The number of amides is 1. The van der Waals surface area contributed by atoms with Gasteiger partial charge in [0.2, 0.25) is 5.91 Å². The second-order valence-corrected chi connectivity index (χ2v) is 5.73. The first-order valence-corrected chi connectivity index (χ1v) is 7.53. The number of aromatic hydroxyl groups is 1. The van der Waals surface area contributed by atoms with E-state index in [0.717, 1.165) is 11.1 Å². The molecular formula is C16H13N3O2S. The molecule has 22 heavy (non-hydrogen) atoms. The molecule has 1 fully saturated rings. The van der Waals surface area contributed by atoms with Gasteiger partial charge in [0.05, 0.1) is 6.21 Å².